The molecule has 0 spiro atoms. The van der Waals surface area contributed by atoms with Crippen LogP contribution in [0.2, 0.25) is 0 Å². The van der Waals surface area contributed by atoms with E-state index in [-0.39, 0.29) is 12.5 Å². The van der Waals surface area contributed by atoms with Gasteiger partial charge in [0.1, 0.15) is 0 Å². The number of hydrogen-bond acceptors (Lipinski definition) is 2. The fourth-order valence-corrected chi connectivity index (χ4v) is 1.95. The molecule has 2 rings (SSSR count). The molecule has 1 aromatic rings. The Morgan fingerprint density at radius 1 is 1.27 bits per heavy atom. The van der Waals surface area contributed by atoms with E-state index in [1.165, 1.54) is 0 Å². The van der Waals surface area contributed by atoms with Crippen molar-refractivity contribution in [1.29, 1.82) is 0 Å². The fraction of sp³-hybridized carbons (Fsp3) is 0.455. The normalized spacial score (nSPS) is 20.3. The van der Waals surface area contributed by atoms with Gasteiger partial charge >= 0.3 is 7.12 Å². The van der Waals surface area contributed by atoms with Crippen molar-refractivity contribution in [3.05, 3.63) is 28.7 Å². The molecule has 15 heavy (non-hydrogen) atoms. The van der Waals surface area contributed by atoms with E-state index in [9.17, 15) is 0 Å². The van der Waals surface area contributed by atoms with Crippen LogP contribution in [0.15, 0.2) is 28.7 Å². The largest absolute Gasteiger partial charge is 0.493 e. The highest BCUT2D eigenvalue weighted by Crippen LogP contribution is 2.21. The Kier molecular flexibility index (Phi) is 3.19. The molecule has 1 aromatic carbocycles. The van der Waals surface area contributed by atoms with E-state index >= 15 is 0 Å². The lowest BCUT2D eigenvalue weighted by Gasteiger charge is -2.33. The van der Waals surface area contributed by atoms with Crippen LogP contribution in [-0.2, 0) is 9.31 Å². The lowest BCUT2D eigenvalue weighted by Crippen LogP contribution is -2.47. The molecule has 0 saturated carbocycles. The number of hydrogen-bond donors (Lipinski definition) is 0. The van der Waals surface area contributed by atoms with E-state index in [4.69, 9.17) is 9.31 Å². The van der Waals surface area contributed by atoms with Crippen molar-refractivity contribution in [1.82, 2.24) is 0 Å². The van der Waals surface area contributed by atoms with Gasteiger partial charge in [-0.15, -0.1) is 0 Å². The molecule has 1 fully saturated rings. The second-order valence-electron chi connectivity index (χ2n) is 4.67. The van der Waals surface area contributed by atoms with Crippen molar-refractivity contribution >= 4 is 28.5 Å². The van der Waals surface area contributed by atoms with Gasteiger partial charge in [-0.2, -0.15) is 0 Å². The first kappa shape index (κ1) is 11.2. The quantitative estimate of drug-likeness (QED) is 0.728. The van der Waals surface area contributed by atoms with E-state index in [0.29, 0.717) is 0 Å². The Morgan fingerprint density at radius 3 is 2.53 bits per heavy atom. The van der Waals surface area contributed by atoms with Crippen LogP contribution < -0.4 is 5.46 Å². The predicted molar refractivity (Wildman–Crippen MR) is 65.2 cm³/mol. The summed E-state index contributed by atoms with van der Waals surface area (Å²) in [6.07, 6.45) is 0. The number of benzene rings is 1. The Hall–Kier alpha value is -0.315. The predicted octanol–water partition coefficient (Wildman–Crippen LogP) is 2.22. The molecule has 0 bridgehead atoms. The van der Waals surface area contributed by atoms with Crippen molar-refractivity contribution in [2.75, 3.05) is 13.2 Å². The average Bonchev–Trinajstić information content (AvgIpc) is 2.17. The number of halogens is 1. The first-order valence-corrected chi connectivity index (χ1v) is 5.85. The molecule has 0 atom stereocenters. The van der Waals surface area contributed by atoms with Crippen LogP contribution in [0.5, 0.6) is 0 Å². The molecule has 4 heteroatoms. The summed E-state index contributed by atoms with van der Waals surface area (Å²) >= 11 is 3.44. The van der Waals surface area contributed by atoms with E-state index in [1.807, 2.05) is 24.3 Å². The third kappa shape index (κ3) is 2.83. The highest BCUT2D eigenvalue weighted by Gasteiger charge is 2.33. The summed E-state index contributed by atoms with van der Waals surface area (Å²) in [5.74, 6) is 0. The van der Waals surface area contributed by atoms with Gasteiger partial charge < -0.3 is 9.31 Å². The molecule has 0 amide bonds. The maximum Gasteiger partial charge on any atom is 0.493 e. The molecule has 0 N–H and O–H groups in total. The molecule has 1 aliphatic heterocycles. The van der Waals surface area contributed by atoms with Crippen LogP contribution in [0.1, 0.15) is 13.8 Å². The molecular weight excluding hydrogens is 255 g/mol. The molecule has 1 heterocycles. The summed E-state index contributed by atoms with van der Waals surface area (Å²) in [5, 5.41) is 0. The molecule has 1 saturated heterocycles. The van der Waals surface area contributed by atoms with Crippen molar-refractivity contribution in [2.45, 2.75) is 13.8 Å². The van der Waals surface area contributed by atoms with Crippen LogP contribution >= 0.6 is 15.9 Å². The number of rotatable bonds is 1. The topological polar surface area (TPSA) is 18.5 Å². The molecule has 0 radical (unpaired) electrons. The molecule has 80 valence electrons. The van der Waals surface area contributed by atoms with Crippen LogP contribution in [0.3, 0.4) is 0 Å². The van der Waals surface area contributed by atoms with Crippen LogP contribution in [0.4, 0.5) is 0 Å². The molecule has 0 aliphatic carbocycles. The lowest BCUT2D eigenvalue weighted by atomic mass is 9.76. The maximum absolute atomic E-state index is 5.69. The van der Waals surface area contributed by atoms with Crippen LogP contribution in [0.25, 0.3) is 0 Å². The van der Waals surface area contributed by atoms with E-state index in [2.05, 4.69) is 29.8 Å². The first-order chi connectivity index (χ1) is 7.07. The van der Waals surface area contributed by atoms with Crippen LogP contribution in [0, 0.1) is 5.41 Å². The minimum absolute atomic E-state index is 0.127. The zero-order valence-electron chi connectivity index (χ0n) is 9.00. The zero-order chi connectivity index (χ0) is 10.9. The fourth-order valence-electron chi connectivity index (χ4n) is 1.54. The summed E-state index contributed by atoms with van der Waals surface area (Å²) < 4.78 is 12.4. The Balaban J connectivity index is 2.08. The monoisotopic (exact) mass is 268 g/mol. The first-order valence-electron chi connectivity index (χ1n) is 5.05. The van der Waals surface area contributed by atoms with E-state index < -0.39 is 0 Å². The van der Waals surface area contributed by atoms with E-state index in [0.717, 1.165) is 23.1 Å². The SMILES string of the molecule is CC1(C)COB(c2cccc(Br)c2)OC1. The van der Waals surface area contributed by atoms with Gasteiger partial charge in [-0.25, -0.2) is 0 Å². The van der Waals surface area contributed by atoms with Gasteiger partial charge in [0.15, 0.2) is 0 Å². The van der Waals surface area contributed by atoms with Gasteiger partial charge in [0.25, 0.3) is 0 Å². The summed E-state index contributed by atoms with van der Waals surface area (Å²) in [4.78, 5) is 0. The second-order valence-corrected chi connectivity index (χ2v) is 5.59. The Morgan fingerprint density at radius 2 is 1.93 bits per heavy atom. The van der Waals surface area contributed by atoms with Gasteiger partial charge in [-0.1, -0.05) is 41.9 Å². The van der Waals surface area contributed by atoms with Gasteiger partial charge in [0, 0.05) is 23.1 Å². The minimum Gasteiger partial charge on any atom is -0.407 e. The van der Waals surface area contributed by atoms with Gasteiger partial charge in [0.05, 0.1) is 0 Å². The maximum atomic E-state index is 5.69. The van der Waals surface area contributed by atoms with Crippen LogP contribution in [-0.4, -0.2) is 20.3 Å². The van der Waals surface area contributed by atoms with Gasteiger partial charge in [-0.3, -0.25) is 0 Å². The average molecular weight is 269 g/mol. The standard InChI is InChI=1S/C11H14BBrO2/c1-11(2)7-14-12(15-8-11)9-4-3-5-10(13)6-9/h3-6H,7-8H2,1-2H3. The van der Waals surface area contributed by atoms with E-state index in [1.54, 1.807) is 0 Å². The Bertz CT molecular complexity index is 344. The van der Waals surface area contributed by atoms with Crippen molar-refractivity contribution in [3.8, 4) is 0 Å². The van der Waals surface area contributed by atoms with Gasteiger partial charge in [-0.05, 0) is 17.6 Å². The third-order valence-electron chi connectivity index (χ3n) is 2.37. The summed E-state index contributed by atoms with van der Waals surface area (Å²) in [5.41, 5.74) is 1.20. The van der Waals surface area contributed by atoms with Crippen molar-refractivity contribution < 1.29 is 9.31 Å². The molecular formula is C11H14BBrO2. The summed E-state index contributed by atoms with van der Waals surface area (Å²) in [6, 6.07) is 8.04. The molecule has 0 unspecified atom stereocenters. The molecule has 1 aliphatic rings. The smallest absolute Gasteiger partial charge is 0.407 e. The highest BCUT2D eigenvalue weighted by atomic mass is 79.9. The summed E-state index contributed by atoms with van der Waals surface area (Å²) in [7, 11) is -0.212. The Labute approximate surface area is 99.2 Å². The third-order valence-corrected chi connectivity index (χ3v) is 2.86. The highest BCUT2D eigenvalue weighted by molar-refractivity contribution is 9.10. The zero-order valence-corrected chi connectivity index (χ0v) is 10.6. The second kappa shape index (κ2) is 4.28. The van der Waals surface area contributed by atoms with Crippen molar-refractivity contribution in [3.63, 3.8) is 0 Å². The minimum atomic E-state index is -0.212. The summed E-state index contributed by atoms with van der Waals surface area (Å²) in [6.45, 7) is 5.77. The van der Waals surface area contributed by atoms with Gasteiger partial charge in [0.2, 0.25) is 0 Å². The molecule has 0 aromatic heterocycles. The molecule has 2 nitrogen and oxygen atoms in total. The lowest BCUT2D eigenvalue weighted by molar-refractivity contribution is 0.0343. The van der Waals surface area contributed by atoms with Crippen molar-refractivity contribution in [2.24, 2.45) is 5.41 Å².